The molecule has 4 aromatic rings. The van der Waals surface area contributed by atoms with Crippen LogP contribution in [-0.4, -0.2) is 18.1 Å². The van der Waals surface area contributed by atoms with Gasteiger partial charge in [-0.05, 0) is 68.7 Å². The quantitative estimate of drug-likeness (QED) is 0.298. The van der Waals surface area contributed by atoms with Crippen molar-refractivity contribution in [3.63, 3.8) is 0 Å². The summed E-state index contributed by atoms with van der Waals surface area (Å²) in [6, 6.07) is 36.0. The smallest absolute Gasteiger partial charge is 0.229 e. The van der Waals surface area contributed by atoms with E-state index in [0.29, 0.717) is 0 Å². The molecule has 0 atom stereocenters. The van der Waals surface area contributed by atoms with E-state index in [1.54, 1.807) is 0 Å². The predicted molar refractivity (Wildman–Crippen MR) is 157 cm³/mol. The van der Waals surface area contributed by atoms with Crippen LogP contribution in [0.4, 0.5) is 0 Å². The van der Waals surface area contributed by atoms with E-state index in [1.807, 2.05) is 0 Å². The lowest BCUT2D eigenvalue weighted by molar-refractivity contribution is 0.631. The molecule has 0 N–H and O–H groups in total. The average molecular weight is 495 g/mol. The molecule has 0 spiro atoms. The third kappa shape index (κ3) is 5.58. The molecule has 0 unspecified atom stereocenters. The van der Waals surface area contributed by atoms with E-state index >= 15 is 0 Å². The van der Waals surface area contributed by atoms with Gasteiger partial charge in [-0.1, -0.05) is 125 Å². The summed E-state index contributed by atoms with van der Waals surface area (Å²) in [6.07, 6.45) is 4.11. The third-order valence-corrected chi connectivity index (χ3v) is 13.8. The van der Waals surface area contributed by atoms with Crippen molar-refractivity contribution < 1.29 is 4.12 Å². The Morgan fingerprint density at radius 2 is 0.629 bits per heavy atom. The van der Waals surface area contributed by atoms with Crippen LogP contribution in [0.5, 0.6) is 0 Å². The maximum atomic E-state index is 7.64. The Labute approximate surface area is 215 Å². The van der Waals surface area contributed by atoms with Gasteiger partial charge in [0.05, 0.1) is 0 Å². The van der Waals surface area contributed by atoms with Crippen LogP contribution >= 0.6 is 0 Å². The second-order valence-corrected chi connectivity index (χ2v) is 14.2. The highest BCUT2D eigenvalue weighted by Crippen LogP contribution is 2.11. The van der Waals surface area contributed by atoms with Gasteiger partial charge in [0, 0.05) is 0 Å². The van der Waals surface area contributed by atoms with Crippen molar-refractivity contribution in [2.24, 2.45) is 0 Å². The highest BCUT2D eigenvalue weighted by molar-refractivity contribution is 6.92. The fourth-order valence-corrected chi connectivity index (χ4v) is 13.0. The van der Waals surface area contributed by atoms with E-state index in [2.05, 4.69) is 125 Å². The molecule has 0 aliphatic carbocycles. The summed E-state index contributed by atoms with van der Waals surface area (Å²) >= 11 is 0. The molecular weight excluding hydrogens is 457 g/mol. The molecule has 0 heterocycles. The van der Waals surface area contributed by atoms with Crippen LogP contribution in [0.25, 0.3) is 0 Å². The Morgan fingerprint density at radius 1 is 0.400 bits per heavy atom. The van der Waals surface area contributed by atoms with Crippen LogP contribution in [0.3, 0.4) is 0 Å². The molecule has 0 aliphatic rings. The summed E-state index contributed by atoms with van der Waals surface area (Å²) in [5.74, 6) is 0. The van der Waals surface area contributed by atoms with Gasteiger partial charge in [0.2, 0.25) is 18.1 Å². The fraction of sp³-hybridized carbons (Fsp3) is 0.250. The molecule has 0 saturated heterocycles. The van der Waals surface area contributed by atoms with Gasteiger partial charge < -0.3 is 4.12 Å². The molecule has 0 aliphatic heterocycles. The first-order valence-corrected chi connectivity index (χ1v) is 16.4. The van der Waals surface area contributed by atoms with Gasteiger partial charge in [-0.2, -0.15) is 0 Å². The van der Waals surface area contributed by atoms with Crippen molar-refractivity contribution in [1.82, 2.24) is 0 Å². The Balaban J connectivity index is 1.94. The van der Waals surface area contributed by atoms with Crippen LogP contribution in [-0.2, 0) is 29.8 Å². The second kappa shape index (κ2) is 12.3. The molecule has 4 aromatic carbocycles. The SMILES string of the molecule is CCc1ccccc1[SiH](O[SiH](c1ccccc1CC)c1ccccc1CC)c1ccccc1CC. The Bertz CT molecular complexity index is 1060. The summed E-state index contributed by atoms with van der Waals surface area (Å²) in [5.41, 5.74) is 5.71. The summed E-state index contributed by atoms with van der Waals surface area (Å²) in [7, 11) is -3.93. The van der Waals surface area contributed by atoms with E-state index in [-0.39, 0.29) is 0 Å². The van der Waals surface area contributed by atoms with Crippen LogP contribution in [0.1, 0.15) is 49.9 Å². The van der Waals surface area contributed by atoms with Crippen molar-refractivity contribution in [2.75, 3.05) is 0 Å². The van der Waals surface area contributed by atoms with E-state index in [9.17, 15) is 0 Å². The minimum absolute atomic E-state index is 1.03. The number of rotatable bonds is 10. The van der Waals surface area contributed by atoms with Crippen LogP contribution < -0.4 is 20.7 Å². The molecule has 35 heavy (non-hydrogen) atoms. The van der Waals surface area contributed by atoms with Crippen molar-refractivity contribution in [3.05, 3.63) is 119 Å². The topological polar surface area (TPSA) is 9.23 Å². The van der Waals surface area contributed by atoms with E-state index < -0.39 is 18.1 Å². The number of hydrogen-bond acceptors (Lipinski definition) is 1. The lowest BCUT2D eigenvalue weighted by Crippen LogP contribution is -2.58. The van der Waals surface area contributed by atoms with Gasteiger partial charge in [0.15, 0.2) is 0 Å². The Kier molecular flexibility index (Phi) is 8.92. The number of hydrogen-bond donors (Lipinski definition) is 0. The normalized spacial score (nSPS) is 11.4. The highest BCUT2D eigenvalue weighted by atomic mass is 28.4. The summed E-state index contributed by atoms with van der Waals surface area (Å²) in [4.78, 5) is 0. The van der Waals surface area contributed by atoms with Gasteiger partial charge in [-0.25, -0.2) is 0 Å². The maximum Gasteiger partial charge on any atom is 0.229 e. The van der Waals surface area contributed by atoms with Gasteiger partial charge >= 0.3 is 0 Å². The number of benzene rings is 4. The van der Waals surface area contributed by atoms with Crippen LogP contribution in [0, 0.1) is 0 Å². The third-order valence-electron chi connectivity index (χ3n) is 7.15. The molecule has 0 saturated carbocycles. The standard InChI is InChI=1S/C32H38OSi2/c1-5-25-17-9-13-21-29(25)34(30-22-14-10-18-26(30)6-2)33-35(31-23-15-11-19-27(31)7-3)32-24-16-12-20-28(32)8-4/h9-24,34-35H,5-8H2,1-4H3. The van der Waals surface area contributed by atoms with Gasteiger partial charge in [0.25, 0.3) is 0 Å². The molecule has 1 nitrogen and oxygen atoms in total. The zero-order valence-electron chi connectivity index (χ0n) is 21.6. The lowest BCUT2D eigenvalue weighted by Gasteiger charge is -2.29. The molecule has 0 bridgehead atoms. The van der Waals surface area contributed by atoms with Crippen molar-refractivity contribution in [3.8, 4) is 0 Å². The summed E-state index contributed by atoms with van der Waals surface area (Å²) < 4.78 is 7.64. The Hall–Kier alpha value is -2.73. The Morgan fingerprint density at radius 3 is 0.857 bits per heavy atom. The summed E-state index contributed by atoms with van der Waals surface area (Å²) in [5, 5.41) is 5.76. The van der Waals surface area contributed by atoms with Crippen LogP contribution in [0.15, 0.2) is 97.1 Å². The molecule has 0 radical (unpaired) electrons. The number of aryl methyl sites for hydroxylation is 4. The molecule has 0 amide bonds. The van der Waals surface area contributed by atoms with Gasteiger partial charge in [-0.15, -0.1) is 0 Å². The molecule has 180 valence electrons. The first-order valence-electron chi connectivity index (χ1n) is 13.2. The van der Waals surface area contributed by atoms with Crippen LogP contribution in [0.2, 0.25) is 0 Å². The predicted octanol–water partition coefficient (Wildman–Crippen LogP) is 4.33. The molecule has 0 fully saturated rings. The first-order chi connectivity index (χ1) is 17.2. The second-order valence-electron chi connectivity index (χ2n) is 9.11. The minimum atomic E-state index is -1.96. The largest absolute Gasteiger partial charge is 0.446 e. The molecule has 4 rings (SSSR count). The van der Waals surface area contributed by atoms with Gasteiger partial charge in [0.1, 0.15) is 0 Å². The minimum Gasteiger partial charge on any atom is -0.446 e. The average Bonchev–Trinajstić information content (AvgIpc) is 2.94. The molecule has 3 heteroatoms. The van der Waals surface area contributed by atoms with Crippen molar-refractivity contribution in [2.45, 2.75) is 53.4 Å². The molecule has 0 aromatic heterocycles. The molecular formula is C32H38OSi2. The monoisotopic (exact) mass is 494 g/mol. The first kappa shape index (κ1) is 25.4. The fourth-order valence-electron chi connectivity index (χ4n) is 5.21. The highest BCUT2D eigenvalue weighted by Gasteiger charge is 2.30. The van der Waals surface area contributed by atoms with E-state index in [4.69, 9.17) is 4.12 Å². The maximum absolute atomic E-state index is 7.64. The summed E-state index contributed by atoms with van der Waals surface area (Å²) in [6.45, 7) is 9.07. The van der Waals surface area contributed by atoms with E-state index in [1.165, 1.54) is 43.0 Å². The zero-order chi connectivity index (χ0) is 24.6. The van der Waals surface area contributed by atoms with Gasteiger partial charge in [-0.3, -0.25) is 0 Å². The van der Waals surface area contributed by atoms with Crippen molar-refractivity contribution >= 4 is 38.8 Å². The zero-order valence-corrected chi connectivity index (χ0v) is 23.9. The van der Waals surface area contributed by atoms with E-state index in [0.717, 1.165) is 25.7 Å². The lowest BCUT2D eigenvalue weighted by atomic mass is 10.2. The van der Waals surface area contributed by atoms with Crippen molar-refractivity contribution in [1.29, 1.82) is 0 Å².